The van der Waals surface area contributed by atoms with E-state index in [1.807, 2.05) is 24.4 Å². The Balaban J connectivity index is 1.76. The first-order valence-electron chi connectivity index (χ1n) is 7.82. The standard InChI is InChI=1S/C18H20N2O2/c1-12(21)13-6-7-16-15(10-13)14(11-20-16)8-9-19-17-4-2-3-5-18(17)22/h6-7,10-11,20H,2-5,8-9H2,1H3. The lowest BCUT2D eigenvalue weighted by Gasteiger charge is -2.11. The van der Waals surface area contributed by atoms with Crippen LogP contribution in [0, 0.1) is 0 Å². The van der Waals surface area contributed by atoms with Gasteiger partial charge in [-0.25, -0.2) is 0 Å². The number of carbonyl (C=O) groups excluding carboxylic acids is 2. The van der Waals surface area contributed by atoms with Crippen molar-refractivity contribution in [3.8, 4) is 0 Å². The summed E-state index contributed by atoms with van der Waals surface area (Å²) >= 11 is 0. The number of rotatable bonds is 4. The number of Topliss-reactive ketones (excluding diaryl/α,β-unsaturated/α-hetero) is 2. The summed E-state index contributed by atoms with van der Waals surface area (Å²) in [5.41, 5.74) is 3.66. The van der Waals surface area contributed by atoms with E-state index in [-0.39, 0.29) is 11.6 Å². The Kier molecular flexibility index (Phi) is 4.18. The molecule has 0 bridgehead atoms. The maximum atomic E-state index is 11.7. The van der Waals surface area contributed by atoms with Crippen LogP contribution in [-0.2, 0) is 11.2 Å². The summed E-state index contributed by atoms with van der Waals surface area (Å²) in [7, 11) is 0. The topological polar surface area (TPSA) is 62.3 Å². The molecule has 1 heterocycles. The molecular formula is C18H20N2O2. The molecule has 0 aliphatic heterocycles. The Bertz CT molecular complexity index is 756. The number of hydrogen-bond donors (Lipinski definition) is 1. The van der Waals surface area contributed by atoms with Crippen LogP contribution in [0.3, 0.4) is 0 Å². The minimum Gasteiger partial charge on any atom is -0.361 e. The van der Waals surface area contributed by atoms with E-state index in [9.17, 15) is 9.59 Å². The number of nitrogens with one attached hydrogen (secondary N) is 1. The number of aliphatic imine (C=N–C) groups is 1. The quantitative estimate of drug-likeness (QED) is 0.878. The van der Waals surface area contributed by atoms with Gasteiger partial charge in [-0.1, -0.05) is 0 Å². The Hall–Kier alpha value is -2.23. The molecule has 114 valence electrons. The van der Waals surface area contributed by atoms with Crippen molar-refractivity contribution in [3.05, 3.63) is 35.5 Å². The fourth-order valence-electron chi connectivity index (χ4n) is 2.94. The van der Waals surface area contributed by atoms with Gasteiger partial charge in [0, 0.05) is 35.6 Å². The molecule has 3 rings (SSSR count). The Morgan fingerprint density at radius 2 is 2.09 bits per heavy atom. The number of fused-ring (bicyclic) bond motifs is 1. The smallest absolute Gasteiger partial charge is 0.176 e. The Morgan fingerprint density at radius 3 is 2.86 bits per heavy atom. The third-order valence-corrected chi connectivity index (χ3v) is 4.25. The second kappa shape index (κ2) is 6.26. The number of aromatic amines is 1. The van der Waals surface area contributed by atoms with Gasteiger partial charge in [-0.05, 0) is 56.4 Å². The molecule has 1 saturated carbocycles. The third-order valence-electron chi connectivity index (χ3n) is 4.25. The highest BCUT2D eigenvalue weighted by Crippen LogP contribution is 2.21. The third kappa shape index (κ3) is 3.01. The number of ketones is 2. The lowest BCUT2D eigenvalue weighted by molar-refractivity contribution is -0.113. The minimum absolute atomic E-state index is 0.0714. The highest BCUT2D eigenvalue weighted by molar-refractivity contribution is 6.40. The van der Waals surface area contributed by atoms with Crippen LogP contribution in [-0.4, -0.2) is 28.8 Å². The molecule has 1 fully saturated rings. The van der Waals surface area contributed by atoms with E-state index in [0.29, 0.717) is 13.0 Å². The summed E-state index contributed by atoms with van der Waals surface area (Å²) in [5.74, 6) is 0.283. The normalized spacial score (nSPS) is 17.3. The zero-order valence-corrected chi connectivity index (χ0v) is 12.8. The van der Waals surface area contributed by atoms with Crippen LogP contribution in [0.25, 0.3) is 10.9 Å². The van der Waals surface area contributed by atoms with E-state index in [1.165, 1.54) is 0 Å². The summed E-state index contributed by atoms with van der Waals surface area (Å²) < 4.78 is 0. The van der Waals surface area contributed by atoms with Crippen molar-refractivity contribution in [3.63, 3.8) is 0 Å². The first-order valence-corrected chi connectivity index (χ1v) is 7.82. The molecule has 0 radical (unpaired) electrons. The molecule has 2 aromatic rings. The maximum absolute atomic E-state index is 11.7. The summed E-state index contributed by atoms with van der Waals surface area (Å²) in [5, 5.41) is 1.07. The van der Waals surface area contributed by atoms with Crippen LogP contribution in [0.4, 0.5) is 0 Å². The van der Waals surface area contributed by atoms with Crippen molar-refractivity contribution in [1.29, 1.82) is 0 Å². The van der Waals surface area contributed by atoms with Crippen LogP contribution >= 0.6 is 0 Å². The molecule has 0 unspecified atom stereocenters. The van der Waals surface area contributed by atoms with Crippen LogP contribution in [0.2, 0.25) is 0 Å². The van der Waals surface area contributed by atoms with E-state index in [4.69, 9.17) is 0 Å². The summed E-state index contributed by atoms with van der Waals surface area (Å²) in [6.07, 6.45) is 6.28. The Morgan fingerprint density at radius 1 is 1.27 bits per heavy atom. The number of benzene rings is 1. The predicted molar refractivity (Wildman–Crippen MR) is 87.8 cm³/mol. The molecule has 4 nitrogen and oxygen atoms in total. The summed E-state index contributed by atoms with van der Waals surface area (Å²) in [4.78, 5) is 31.0. The Labute approximate surface area is 129 Å². The van der Waals surface area contributed by atoms with Gasteiger partial charge in [-0.2, -0.15) is 0 Å². The molecular weight excluding hydrogens is 276 g/mol. The number of H-pyrrole nitrogens is 1. The van der Waals surface area contributed by atoms with Gasteiger partial charge in [0.05, 0.1) is 5.71 Å². The molecule has 1 aromatic carbocycles. The number of aromatic nitrogens is 1. The van der Waals surface area contributed by atoms with Gasteiger partial charge in [-0.15, -0.1) is 0 Å². The predicted octanol–water partition coefficient (Wildman–Crippen LogP) is 3.50. The molecule has 1 aliphatic rings. The van der Waals surface area contributed by atoms with Crippen LogP contribution in [0.1, 0.15) is 48.5 Å². The van der Waals surface area contributed by atoms with Crippen molar-refractivity contribution in [2.45, 2.75) is 39.0 Å². The van der Waals surface area contributed by atoms with E-state index in [2.05, 4.69) is 9.98 Å². The van der Waals surface area contributed by atoms with Gasteiger partial charge in [0.15, 0.2) is 11.6 Å². The molecule has 22 heavy (non-hydrogen) atoms. The van der Waals surface area contributed by atoms with Gasteiger partial charge in [0.1, 0.15) is 0 Å². The number of carbonyl (C=O) groups is 2. The van der Waals surface area contributed by atoms with E-state index in [1.54, 1.807) is 6.92 Å². The summed E-state index contributed by atoms with van der Waals surface area (Å²) in [6.45, 7) is 2.20. The van der Waals surface area contributed by atoms with Crippen LogP contribution in [0.5, 0.6) is 0 Å². The molecule has 1 aliphatic carbocycles. The monoisotopic (exact) mass is 296 g/mol. The van der Waals surface area contributed by atoms with E-state index < -0.39 is 0 Å². The maximum Gasteiger partial charge on any atom is 0.176 e. The molecule has 0 saturated heterocycles. The van der Waals surface area contributed by atoms with Crippen molar-refractivity contribution in [2.75, 3.05) is 6.54 Å². The highest BCUT2D eigenvalue weighted by atomic mass is 16.1. The minimum atomic E-state index is 0.0714. The van der Waals surface area contributed by atoms with Crippen molar-refractivity contribution >= 4 is 28.2 Å². The van der Waals surface area contributed by atoms with Gasteiger partial charge < -0.3 is 4.98 Å². The average Bonchev–Trinajstić information content (AvgIpc) is 2.91. The van der Waals surface area contributed by atoms with Gasteiger partial charge in [0.25, 0.3) is 0 Å². The largest absolute Gasteiger partial charge is 0.361 e. The molecule has 0 spiro atoms. The fourth-order valence-corrected chi connectivity index (χ4v) is 2.94. The zero-order chi connectivity index (χ0) is 15.5. The van der Waals surface area contributed by atoms with Gasteiger partial charge in [-0.3, -0.25) is 14.6 Å². The average molecular weight is 296 g/mol. The van der Waals surface area contributed by atoms with Gasteiger partial charge >= 0.3 is 0 Å². The number of hydrogen-bond acceptors (Lipinski definition) is 3. The van der Waals surface area contributed by atoms with Crippen molar-refractivity contribution in [2.24, 2.45) is 4.99 Å². The van der Waals surface area contributed by atoms with E-state index >= 15 is 0 Å². The van der Waals surface area contributed by atoms with Crippen LogP contribution < -0.4 is 0 Å². The SMILES string of the molecule is CC(=O)c1ccc2[nH]cc(CCN=C3CCCCC3=O)c2c1. The van der Waals surface area contributed by atoms with Crippen molar-refractivity contribution < 1.29 is 9.59 Å². The molecule has 4 heteroatoms. The molecule has 1 aromatic heterocycles. The fraction of sp³-hybridized carbons (Fsp3) is 0.389. The zero-order valence-electron chi connectivity index (χ0n) is 12.8. The van der Waals surface area contributed by atoms with E-state index in [0.717, 1.165) is 53.4 Å². The first kappa shape index (κ1) is 14.7. The van der Waals surface area contributed by atoms with Crippen molar-refractivity contribution in [1.82, 2.24) is 4.98 Å². The van der Waals surface area contributed by atoms with Gasteiger partial charge in [0.2, 0.25) is 0 Å². The highest BCUT2D eigenvalue weighted by Gasteiger charge is 2.16. The molecule has 0 atom stereocenters. The second-order valence-electron chi connectivity index (χ2n) is 5.84. The first-order chi connectivity index (χ1) is 10.6. The molecule has 1 N–H and O–H groups in total. The number of nitrogens with zero attached hydrogens (tertiary/aromatic N) is 1. The lowest BCUT2D eigenvalue weighted by atomic mass is 9.97. The molecule has 0 amide bonds. The summed E-state index contributed by atoms with van der Waals surface area (Å²) in [6, 6.07) is 5.71. The second-order valence-corrected chi connectivity index (χ2v) is 5.84. The van der Waals surface area contributed by atoms with Crippen LogP contribution in [0.15, 0.2) is 29.4 Å². The lowest BCUT2D eigenvalue weighted by Crippen LogP contribution is -2.19.